The normalized spacial score (nSPS) is 18.8. The van der Waals surface area contributed by atoms with Gasteiger partial charge in [0, 0.05) is 19.3 Å². The van der Waals surface area contributed by atoms with E-state index < -0.39 is 0 Å². The highest BCUT2D eigenvalue weighted by Crippen LogP contribution is 2.31. The van der Waals surface area contributed by atoms with E-state index in [1.54, 1.807) is 6.07 Å². The Kier molecular flexibility index (Phi) is 4.76. The van der Waals surface area contributed by atoms with E-state index in [9.17, 15) is 4.39 Å². The van der Waals surface area contributed by atoms with E-state index in [0.717, 1.165) is 42.9 Å². The van der Waals surface area contributed by atoms with Gasteiger partial charge in [-0.25, -0.2) is 14.4 Å². The highest BCUT2D eigenvalue weighted by molar-refractivity contribution is 5.75. The summed E-state index contributed by atoms with van der Waals surface area (Å²) in [7, 11) is 0. The van der Waals surface area contributed by atoms with Crippen molar-refractivity contribution in [3.63, 3.8) is 0 Å². The molecule has 0 bridgehead atoms. The van der Waals surface area contributed by atoms with Gasteiger partial charge in [-0.05, 0) is 43.5 Å². The van der Waals surface area contributed by atoms with Crippen LogP contribution >= 0.6 is 0 Å². The lowest BCUT2D eigenvalue weighted by molar-refractivity contribution is 0.131. The van der Waals surface area contributed by atoms with Crippen molar-refractivity contribution in [3.05, 3.63) is 48.1 Å². The molecule has 1 saturated heterocycles. The number of fused-ring (bicyclic) bond motifs is 1. The van der Waals surface area contributed by atoms with Crippen LogP contribution in [0.2, 0.25) is 0 Å². The summed E-state index contributed by atoms with van der Waals surface area (Å²) < 4.78 is 15.8. The van der Waals surface area contributed by atoms with Crippen molar-refractivity contribution in [2.24, 2.45) is 5.92 Å². The summed E-state index contributed by atoms with van der Waals surface area (Å²) in [6, 6.07) is 4.98. The molecule has 4 rings (SSSR count). The van der Waals surface area contributed by atoms with Crippen molar-refractivity contribution in [1.82, 2.24) is 24.4 Å². The van der Waals surface area contributed by atoms with E-state index in [1.165, 1.54) is 30.7 Å². The lowest BCUT2D eigenvalue weighted by atomic mass is 10.0. The molecule has 1 fully saturated rings. The standard InChI is InChI=1S/C20H26FN5/c1-14(2)11-26-13-22-10-16(26)12-25-8-4-3-5-19(25)20-23-17-7-6-15(21)9-18(17)24-20/h6-7,9-10,13-14,19H,3-5,8,11-12H2,1-2H3,(H,23,24)/t19-/m0/s1. The lowest BCUT2D eigenvalue weighted by Gasteiger charge is -2.34. The van der Waals surface area contributed by atoms with Crippen LogP contribution in [0.3, 0.4) is 0 Å². The highest BCUT2D eigenvalue weighted by atomic mass is 19.1. The smallest absolute Gasteiger partial charge is 0.125 e. The zero-order chi connectivity index (χ0) is 18.1. The highest BCUT2D eigenvalue weighted by Gasteiger charge is 2.27. The summed E-state index contributed by atoms with van der Waals surface area (Å²) >= 11 is 0. The van der Waals surface area contributed by atoms with Crippen molar-refractivity contribution in [2.45, 2.75) is 52.2 Å². The molecule has 3 heterocycles. The second-order valence-electron chi connectivity index (χ2n) is 7.70. The fourth-order valence-corrected chi connectivity index (χ4v) is 3.89. The first-order valence-electron chi connectivity index (χ1n) is 9.48. The quantitative estimate of drug-likeness (QED) is 0.743. The van der Waals surface area contributed by atoms with Gasteiger partial charge in [-0.2, -0.15) is 0 Å². The minimum absolute atomic E-state index is 0.231. The minimum atomic E-state index is -0.231. The molecule has 1 aliphatic heterocycles. The molecule has 1 atom stereocenters. The molecule has 138 valence electrons. The fraction of sp³-hybridized carbons (Fsp3) is 0.500. The van der Waals surface area contributed by atoms with Crippen LogP contribution in [-0.4, -0.2) is 31.0 Å². The van der Waals surface area contributed by atoms with Crippen molar-refractivity contribution in [1.29, 1.82) is 0 Å². The summed E-state index contributed by atoms with van der Waals surface area (Å²) in [6.07, 6.45) is 7.36. The van der Waals surface area contributed by atoms with E-state index in [1.807, 2.05) is 12.5 Å². The molecule has 0 spiro atoms. The zero-order valence-corrected chi connectivity index (χ0v) is 15.5. The third-order valence-corrected chi connectivity index (χ3v) is 5.12. The molecular formula is C20H26FN5. The van der Waals surface area contributed by atoms with E-state index >= 15 is 0 Å². The number of hydrogen-bond acceptors (Lipinski definition) is 3. The first-order chi connectivity index (χ1) is 12.6. The maximum Gasteiger partial charge on any atom is 0.125 e. The third-order valence-electron chi connectivity index (χ3n) is 5.12. The van der Waals surface area contributed by atoms with Crippen LogP contribution in [0.4, 0.5) is 4.39 Å². The Hall–Kier alpha value is -2.21. The van der Waals surface area contributed by atoms with Crippen LogP contribution in [0.5, 0.6) is 0 Å². The first-order valence-corrected chi connectivity index (χ1v) is 9.48. The van der Waals surface area contributed by atoms with Gasteiger partial charge in [0.05, 0.1) is 29.1 Å². The van der Waals surface area contributed by atoms with Crippen LogP contribution < -0.4 is 0 Å². The number of nitrogens with zero attached hydrogens (tertiary/aromatic N) is 4. The van der Waals surface area contributed by atoms with E-state index in [4.69, 9.17) is 4.98 Å². The van der Waals surface area contributed by atoms with Gasteiger partial charge in [-0.1, -0.05) is 20.3 Å². The monoisotopic (exact) mass is 355 g/mol. The Bertz CT molecular complexity index is 881. The topological polar surface area (TPSA) is 49.7 Å². The third kappa shape index (κ3) is 3.51. The van der Waals surface area contributed by atoms with Gasteiger partial charge in [0.2, 0.25) is 0 Å². The van der Waals surface area contributed by atoms with Crippen LogP contribution in [-0.2, 0) is 13.1 Å². The van der Waals surface area contributed by atoms with E-state index in [0.29, 0.717) is 5.92 Å². The minimum Gasteiger partial charge on any atom is -0.341 e. The number of hydrogen-bond donors (Lipinski definition) is 1. The summed E-state index contributed by atoms with van der Waals surface area (Å²) in [6.45, 7) is 7.34. The van der Waals surface area contributed by atoms with Crippen molar-refractivity contribution in [2.75, 3.05) is 6.54 Å². The van der Waals surface area contributed by atoms with Crippen LogP contribution in [0.1, 0.15) is 50.7 Å². The number of halogens is 1. The lowest BCUT2D eigenvalue weighted by Crippen LogP contribution is -2.34. The van der Waals surface area contributed by atoms with Crippen LogP contribution in [0, 0.1) is 11.7 Å². The van der Waals surface area contributed by atoms with E-state index in [-0.39, 0.29) is 11.9 Å². The summed E-state index contributed by atoms with van der Waals surface area (Å²) in [5.41, 5.74) is 2.85. The Morgan fingerprint density at radius 1 is 1.31 bits per heavy atom. The van der Waals surface area contributed by atoms with Crippen molar-refractivity contribution in [3.8, 4) is 0 Å². The van der Waals surface area contributed by atoms with Gasteiger partial charge in [0.15, 0.2) is 0 Å². The number of imidazole rings is 2. The molecule has 0 unspecified atom stereocenters. The Morgan fingerprint density at radius 3 is 3.04 bits per heavy atom. The number of aromatic nitrogens is 4. The number of benzene rings is 1. The van der Waals surface area contributed by atoms with Crippen LogP contribution in [0.15, 0.2) is 30.7 Å². The maximum absolute atomic E-state index is 13.5. The first kappa shape index (κ1) is 17.2. The summed E-state index contributed by atoms with van der Waals surface area (Å²) in [5, 5.41) is 0. The second kappa shape index (κ2) is 7.19. The average Bonchev–Trinajstić information content (AvgIpc) is 3.21. The Morgan fingerprint density at radius 2 is 2.19 bits per heavy atom. The molecule has 2 aromatic heterocycles. The summed E-state index contributed by atoms with van der Waals surface area (Å²) in [4.78, 5) is 14.9. The molecule has 0 amide bonds. The molecule has 26 heavy (non-hydrogen) atoms. The molecule has 0 saturated carbocycles. The van der Waals surface area contributed by atoms with Crippen molar-refractivity contribution < 1.29 is 4.39 Å². The van der Waals surface area contributed by atoms with Gasteiger partial charge in [0.25, 0.3) is 0 Å². The fourth-order valence-electron chi connectivity index (χ4n) is 3.89. The van der Waals surface area contributed by atoms with Crippen molar-refractivity contribution >= 4 is 11.0 Å². The number of aromatic amines is 1. The molecule has 3 aromatic rings. The van der Waals surface area contributed by atoms with E-state index in [2.05, 4.69) is 33.3 Å². The Labute approximate surface area is 153 Å². The molecule has 1 aromatic carbocycles. The predicted octanol–water partition coefficient (Wildman–Crippen LogP) is 4.28. The molecule has 0 aliphatic carbocycles. The maximum atomic E-state index is 13.5. The number of piperidine rings is 1. The number of nitrogens with one attached hydrogen (secondary N) is 1. The van der Waals surface area contributed by atoms with Gasteiger partial charge in [-0.15, -0.1) is 0 Å². The number of H-pyrrole nitrogens is 1. The average molecular weight is 355 g/mol. The molecule has 5 nitrogen and oxygen atoms in total. The largest absolute Gasteiger partial charge is 0.341 e. The van der Waals surface area contributed by atoms with Gasteiger partial charge >= 0.3 is 0 Å². The molecule has 6 heteroatoms. The molecular weight excluding hydrogens is 329 g/mol. The number of rotatable bonds is 5. The SMILES string of the molecule is CC(C)Cn1cncc1CN1CCCC[C@H]1c1nc2ccc(F)cc2[nH]1. The molecule has 1 N–H and O–H groups in total. The zero-order valence-electron chi connectivity index (χ0n) is 15.5. The molecule has 0 radical (unpaired) electrons. The summed E-state index contributed by atoms with van der Waals surface area (Å²) in [5.74, 6) is 1.30. The Balaban J connectivity index is 1.59. The van der Waals surface area contributed by atoms with Crippen LogP contribution in [0.25, 0.3) is 11.0 Å². The van der Waals surface area contributed by atoms with Gasteiger partial charge < -0.3 is 9.55 Å². The predicted molar refractivity (Wildman–Crippen MR) is 100 cm³/mol. The van der Waals surface area contributed by atoms with Gasteiger partial charge in [-0.3, -0.25) is 4.90 Å². The number of likely N-dealkylation sites (tertiary alicyclic amines) is 1. The van der Waals surface area contributed by atoms with Gasteiger partial charge in [0.1, 0.15) is 11.6 Å². The second-order valence-corrected chi connectivity index (χ2v) is 7.70. The molecule has 1 aliphatic rings.